The van der Waals surface area contributed by atoms with Crippen LogP contribution in [0.25, 0.3) is 0 Å². The number of hydrogen-bond acceptors (Lipinski definition) is 3. The number of aryl methyl sites for hydroxylation is 1. The molecule has 0 aliphatic rings. The quantitative estimate of drug-likeness (QED) is 0.790. The van der Waals surface area contributed by atoms with Crippen LogP contribution in [0.15, 0.2) is 17.0 Å². The summed E-state index contributed by atoms with van der Waals surface area (Å²) in [5, 5.41) is 0. The van der Waals surface area contributed by atoms with Gasteiger partial charge in [0, 0.05) is 12.2 Å². The first kappa shape index (κ1) is 15.9. The van der Waals surface area contributed by atoms with E-state index in [0.717, 1.165) is 18.9 Å². The average Bonchev–Trinajstić information content (AvgIpc) is 2.34. The molecule has 0 aromatic heterocycles. The Kier molecular flexibility index (Phi) is 5.31. The predicted molar refractivity (Wildman–Crippen MR) is 74.8 cm³/mol. The molecule has 0 saturated heterocycles. The highest BCUT2D eigenvalue weighted by Crippen LogP contribution is 2.21. The second kappa shape index (κ2) is 6.34. The van der Waals surface area contributed by atoms with Crippen molar-refractivity contribution in [3.05, 3.63) is 23.5 Å². The van der Waals surface area contributed by atoms with Gasteiger partial charge < -0.3 is 5.73 Å². The molecule has 0 unspecified atom stereocenters. The van der Waals surface area contributed by atoms with Crippen LogP contribution >= 0.6 is 0 Å². The van der Waals surface area contributed by atoms with Crippen LogP contribution in [0.5, 0.6) is 0 Å². The highest BCUT2D eigenvalue weighted by Gasteiger charge is 2.21. The van der Waals surface area contributed by atoms with Crippen LogP contribution in [0.3, 0.4) is 0 Å². The lowest BCUT2D eigenvalue weighted by Crippen LogP contribution is -2.30. The zero-order valence-electron chi connectivity index (χ0n) is 11.5. The normalized spacial score (nSPS) is 12.1. The van der Waals surface area contributed by atoms with E-state index < -0.39 is 15.8 Å². The Morgan fingerprint density at radius 1 is 1.32 bits per heavy atom. The minimum atomic E-state index is -3.86. The lowest BCUT2D eigenvalue weighted by atomic mass is 10.0. The Hall–Kier alpha value is -1.14. The first-order valence-electron chi connectivity index (χ1n) is 6.37. The SMILES string of the molecule is CCC(CC)CNS(=O)(=O)c1cc(N)cc(C)c1F. The Morgan fingerprint density at radius 2 is 1.89 bits per heavy atom. The van der Waals surface area contributed by atoms with E-state index in [4.69, 9.17) is 5.73 Å². The monoisotopic (exact) mass is 288 g/mol. The van der Waals surface area contributed by atoms with E-state index in [2.05, 4.69) is 4.72 Å². The Labute approximate surface area is 114 Å². The molecule has 0 amide bonds. The highest BCUT2D eigenvalue weighted by atomic mass is 32.2. The van der Waals surface area contributed by atoms with Crippen LogP contribution in [-0.2, 0) is 10.0 Å². The van der Waals surface area contributed by atoms with Crippen molar-refractivity contribution in [3.63, 3.8) is 0 Å². The molecule has 0 fully saturated rings. The molecular weight excluding hydrogens is 267 g/mol. The summed E-state index contributed by atoms with van der Waals surface area (Å²) in [5.41, 5.74) is 6.04. The standard InChI is InChI=1S/C13H21FN2O2S/c1-4-10(5-2)8-16-19(17,18)12-7-11(15)6-9(3)13(12)14/h6-7,10,16H,4-5,8,15H2,1-3H3. The number of halogens is 1. The fourth-order valence-electron chi connectivity index (χ4n) is 1.84. The fourth-order valence-corrected chi connectivity index (χ4v) is 3.14. The van der Waals surface area contributed by atoms with E-state index in [1.54, 1.807) is 0 Å². The number of nitrogens with one attached hydrogen (secondary N) is 1. The van der Waals surface area contributed by atoms with Gasteiger partial charge in [-0.05, 0) is 30.5 Å². The van der Waals surface area contributed by atoms with Gasteiger partial charge in [0.2, 0.25) is 10.0 Å². The highest BCUT2D eigenvalue weighted by molar-refractivity contribution is 7.89. The molecule has 0 aliphatic heterocycles. The predicted octanol–water partition coefficient (Wildman–Crippen LogP) is 2.43. The molecule has 0 heterocycles. The number of nitrogen functional groups attached to an aromatic ring is 1. The number of sulfonamides is 1. The third-order valence-corrected chi connectivity index (χ3v) is 4.67. The van der Waals surface area contributed by atoms with Crippen molar-refractivity contribution in [3.8, 4) is 0 Å². The maximum absolute atomic E-state index is 13.9. The number of hydrogen-bond donors (Lipinski definition) is 2. The summed E-state index contributed by atoms with van der Waals surface area (Å²) >= 11 is 0. The zero-order valence-corrected chi connectivity index (χ0v) is 12.3. The Bertz CT molecular complexity index is 540. The molecule has 1 rings (SSSR count). The molecule has 0 saturated carbocycles. The lowest BCUT2D eigenvalue weighted by Gasteiger charge is -2.14. The molecule has 4 nitrogen and oxygen atoms in total. The summed E-state index contributed by atoms with van der Waals surface area (Å²) < 4.78 is 40.5. The van der Waals surface area contributed by atoms with Gasteiger partial charge in [-0.2, -0.15) is 0 Å². The molecule has 0 aliphatic carbocycles. The third-order valence-electron chi connectivity index (χ3n) is 3.25. The number of benzene rings is 1. The lowest BCUT2D eigenvalue weighted by molar-refractivity contribution is 0.476. The molecule has 6 heteroatoms. The van der Waals surface area contributed by atoms with Gasteiger partial charge in [-0.25, -0.2) is 17.5 Å². The smallest absolute Gasteiger partial charge is 0.243 e. The molecule has 19 heavy (non-hydrogen) atoms. The summed E-state index contributed by atoms with van der Waals surface area (Å²) in [6, 6.07) is 2.56. The summed E-state index contributed by atoms with van der Waals surface area (Å²) in [4.78, 5) is -0.379. The first-order valence-corrected chi connectivity index (χ1v) is 7.85. The molecule has 1 aromatic rings. The van der Waals surface area contributed by atoms with Crippen LogP contribution in [0.1, 0.15) is 32.3 Å². The van der Waals surface area contributed by atoms with Crippen LogP contribution < -0.4 is 10.5 Å². The van der Waals surface area contributed by atoms with Crippen molar-refractivity contribution in [1.82, 2.24) is 4.72 Å². The number of anilines is 1. The second-order valence-corrected chi connectivity index (χ2v) is 6.42. The molecular formula is C13H21FN2O2S. The van der Waals surface area contributed by atoms with Crippen LogP contribution in [0, 0.1) is 18.7 Å². The van der Waals surface area contributed by atoms with E-state index in [1.165, 1.54) is 13.0 Å². The van der Waals surface area contributed by atoms with E-state index >= 15 is 0 Å². The van der Waals surface area contributed by atoms with Crippen molar-refractivity contribution in [2.45, 2.75) is 38.5 Å². The number of rotatable bonds is 6. The van der Waals surface area contributed by atoms with E-state index in [-0.39, 0.29) is 22.1 Å². The van der Waals surface area contributed by atoms with Gasteiger partial charge in [0.1, 0.15) is 10.7 Å². The van der Waals surface area contributed by atoms with E-state index in [9.17, 15) is 12.8 Å². The molecule has 0 bridgehead atoms. The summed E-state index contributed by atoms with van der Waals surface area (Å²) in [5.74, 6) is -0.494. The van der Waals surface area contributed by atoms with Crippen molar-refractivity contribution in [1.29, 1.82) is 0 Å². The van der Waals surface area contributed by atoms with Crippen LogP contribution in [0.4, 0.5) is 10.1 Å². The summed E-state index contributed by atoms with van der Waals surface area (Å²) in [7, 11) is -3.86. The number of nitrogens with two attached hydrogens (primary N) is 1. The fraction of sp³-hybridized carbons (Fsp3) is 0.538. The van der Waals surface area contributed by atoms with Crippen molar-refractivity contribution in [2.24, 2.45) is 5.92 Å². The Morgan fingerprint density at radius 3 is 2.42 bits per heavy atom. The molecule has 108 valence electrons. The largest absolute Gasteiger partial charge is 0.399 e. The summed E-state index contributed by atoms with van der Waals surface area (Å²) in [6.45, 7) is 5.79. The van der Waals surface area contributed by atoms with Crippen LogP contribution in [0.2, 0.25) is 0 Å². The minimum absolute atomic E-state index is 0.225. The maximum Gasteiger partial charge on any atom is 0.243 e. The third kappa shape index (κ3) is 3.91. The molecule has 1 aromatic carbocycles. The minimum Gasteiger partial charge on any atom is -0.399 e. The summed E-state index contributed by atoms with van der Waals surface area (Å²) in [6.07, 6.45) is 1.74. The molecule has 3 N–H and O–H groups in total. The average molecular weight is 288 g/mol. The van der Waals surface area contributed by atoms with E-state index in [1.807, 2.05) is 13.8 Å². The van der Waals surface area contributed by atoms with Crippen molar-refractivity contribution < 1.29 is 12.8 Å². The van der Waals surface area contributed by atoms with Gasteiger partial charge in [-0.1, -0.05) is 26.7 Å². The Balaban J connectivity index is 3.01. The van der Waals surface area contributed by atoms with Gasteiger partial charge in [0.05, 0.1) is 0 Å². The molecule has 0 spiro atoms. The van der Waals surface area contributed by atoms with Gasteiger partial charge in [-0.15, -0.1) is 0 Å². The van der Waals surface area contributed by atoms with Gasteiger partial charge in [0.15, 0.2) is 0 Å². The molecule has 0 radical (unpaired) electrons. The maximum atomic E-state index is 13.9. The zero-order chi connectivity index (χ0) is 14.6. The van der Waals surface area contributed by atoms with Gasteiger partial charge >= 0.3 is 0 Å². The van der Waals surface area contributed by atoms with Crippen molar-refractivity contribution in [2.75, 3.05) is 12.3 Å². The molecule has 0 atom stereocenters. The van der Waals surface area contributed by atoms with Gasteiger partial charge in [-0.3, -0.25) is 0 Å². The van der Waals surface area contributed by atoms with Gasteiger partial charge in [0.25, 0.3) is 0 Å². The van der Waals surface area contributed by atoms with Crippen LogP contribution in [-0.4, -0.2) is 15.0 Å². The second-order valence-electron chi connectivity index (χ2n) is 4.68. The first-order chi connectivity index (χ1) is 8.81. The van der Waals surface area contributed by atoms with Crippen molar-refractivity contribution >= 4 is 15.7 Å². The topological polar surface area (TPSA) is 72.2 Å². The van der Waals surface area contributed by atoms with E-state index in [0.29, 0.717) is 6.54 Å².